The molecule has 3 fully saturated rings. The lowest BCUT2D eigenvalue weighted by Crippen LogP contribution is -2.68. The highest BCUT2D eigenvalue weighted by Gasteiger charge is 2.86. The Hall–Kier alpha value is -5.47. The molecule has 0 N–H and O–H groups in total. The highest BCUT2D eigenvalue weighted by Crippen LogP contribution is 2.57. The predicted molar refractivity (Wildman–Crippen MR) is 227 cm³/mol. The van der Waals surface area contributed by atoms with Gasteiger partial charge in [0.05, 0.1) is 34.3 Å². The summed E-state index contributed by atoms with van der Waals surface area (Å²) in [5.41, 5.74) is -9.33. The van der Waals surface area contributed by atoms with Gasteiger partial charge in [0.25, 0.3) is 0 Å². The number of hydrogen-bond donors (Lipinski definition) is 0. The maximum atomic E-state index is 17.8. The number of nitrogens with zero attached hydrogens (tertiary/aromatic N) is 6. The number of fused-ring (bicyclic) bond motifs is 4. The van der Waals surface area contributed by atoms with Gasteiger partial charge in [0, 0.05) is 43.7 Å². The minimum atomic E-state index is -6.93. The van der Waals surface area contributed by atoms with Crippen LogP contribution in [0.3, 0.4) is 0 Å². The van der Waals surface area contributed by atoms with Crippen LogP contribution in [0.1, 0.15) is 71.1 Å². The van der Waals surface area contributed by atoms with Crippen molar-refractivity contribution >= 4 is 33.6 Å². The molecular weight excluding hydrogens is 942 g/mol. The number of aryl methyl sites for hydroxylation is 1. The molecule has 4 atom stereocenters. The van der Waals surface area contributed by atoms with E-state index in [0.29, 0.717) is 30.3 Å². The van der Waals surface area contributed by atoms with Gasteiger partial charge in [-0.25, -0.2) is 18.6 Å². The number of methoxy groups -OCH3 is 1. The molecule has 0 aliphatic carbocycles. The van der Waals surface area contributed by atoms with Crippen molar-refractivity contribution in [1.82, 2.24) is 24.8 Å². The molecule has 2 aromatic carbocycles. The first kappa shape index (κ1) is 49.9. The van der Waals surface area contributed by atoms with E-state index in [1.807, 2.05) is 11.8 Å². The third-order valence-electron chi connectivity index (χ3n) is 13.2. The molecule has 0 saturated carbocycles. The summed E-state index contributed by atoms with van der Waals surface area (Å²) in [5, 5.41) is 0.623. The van der Waals surface area contributed by atoms with E-state index in [2.05, 4.69) is 15.6 Å². The molecule has 0 radical (unpaired) electrons. The summed E-state index contributed by atoms with van der Waals surface area (Å²) < 4.78 is 186. The van der Waals surface area contributed by atoms with Crippen LogP contribution in [0.4, 0.5) is 58.9 Å². The molecule has 69 heavy (non-hydrogen) atoms. The number of alkyl halides is 9. The maximum Gasteiger partial charge on any atom is 0.435 e. The Kier molecular flexibility index (Phi) is 12.8. The lowest BCUT2D eigenvalue weighted by Gasteiger charge is -2.46. The Morgan fingerprint density at radius 3 is 2.28 bits per heavy atom. The Bertz CT molecular complexity index is 2650. The number of aromatic nitrogens is 3. The van der Waals surface area contributed by atoms with Crippen LogP contribution in [0.15, 0.2) is 24.3 Å². The van der Waals surface area contributed by atoms with E-state index in [1.165, 1.54) is 24.1 Å². The largest absolute Gasteiger partial charge is 0.468 e. The zero-order valence-electron chi connectivity index (χ0n) is 37.9. The van der Waals surface area contributed by atoms with Crippen molar-refractivity contribution in [3.8, 4) is 35.4 Å². The monoisotopic (exact) mass is 988 g/mol. The van der Waals surface area contributed by atoms with Crippen LogP contribution in [0, 0.1) is 24.0 Å². The number of benzene rings is 2. The smallest absolute Gasteiger partial charge is 0.435 e. The summed E-state index contributed by atoms with van der Waals surface area (Å²) in [6.07, 6.45) is -17.1. The number of hydrogen-bond acceptors (Lipinski definition) is 11. The van der Waals surface area contributed by atoms with Gasteiger partial charge in [-0.2, -0.15) is 49.5 Å². The molecule has 2 aromatic heterocycles. The van der Waals surface area contributed by atoms with Gasteiger partial charge in [0.1, 0.15) is 40.8 Å². The fourth-order valence-corrected chi connectivity index (χ4v) is 10.1. The Labute approximate surface area is 388 Å². The Morgan fingerprint density at radius 1 is 0.928 bits per heavy atom. The van der Waals surface area contributed by atoms with Crippen molar-refractivity contribution in [2.75, 3.05) is 51.6 Å². The molecule has 1 amide bonds. The quantitative estimate of drug-likeness (QED) is 0.0861. The van der Waals surface area contributed by atoms with Crippen LogP contribution in [0.2, 0.25) is 0 Å². The fraction of sp³-hybridized carbons (Fsp3) is 0.565. The van der Waals surface area contributed by atoms with Crippen molar-refractivity contribution in [3.63, 3.8) is 0 Å². The first-order valence-electron chi connectivity index (χ1n) is 22.0. The molecule has 4 aliphatic rings. The maximum absolute atomic E-state index is 17.8. The van der Waals surface area contributed by atoms with Gasteiger partial charge in [0.2, 0.25) is 0 Å². The van der Waals surface area contributed by atoms with Crippen LogP contribution in [0.5, 0.6) is 11.8 Å². The van der Waals surface area contributed by atoms with Gasteiger partial charge in [-0.1, -0.05) is 18.9 Å². The standard InChI is InChI=1S/C46H47F11N6O6/c1-7-25-19-62-26(20-63(25)40(64)69-41(3,4)5)11-13-32-34-37(35(48)36(58-32)30-17-27(67-23-65-6)16-24-10-12-31(47)29(8-2)33(24)30)59-39(60-38(34)62)66-22-42-14-9-15-61(42)21-28(18-42)68-43(44(49,50)51,45(52,53)54)46(55,56)57/h2,10,12,16-17,25-26,28H,7,9,11,13-15,18-23H2,1,3-6H3/t25-,26-,28-,42+/m1/s1. The molecular formula is C46H47F11N6O6. The van der Waals surface area contributed by atoms with E-state index >= 15 is 8.78 Å². The SMILES string of the molecule is C#Cc1c(F)ccc2cc(OCOC)cc(-c3nc4c5c(nc(OC[C@@]67CCCN6C[C@H](OC(C(F)(F)F)(C(F)(F)F)C(F)(F)F)C7)nc5c3F)N3C[C@@H](CC)N(C(=O)OC(C)(C)C)C[C@H]3CC4)c12. The van der Waals surface area contributed by atoms with Crippen molar-refractivity contribution < 1.29 is 76.8 Å². The molecule has 0 spiro atoms. The fourth-order valence-electron chi connectivity index (χ4n) is 10.1. The Balaban J connectivity index is 1.25. The van der Waals surface area contributed by atoms with Gasteiger partial charge in [-0.15, -0.1) is 6.42 Å². The highest BCUT2D eigenvalue weighted by atomic mass is 19.4. The van der Waals surface area contributed by atoms with Crippen LogP contribution in [-0.4, -0.2) is 131 Å². The molecule has 12 nitrogen and oxygen atoms in total. The second-order valence-electron chi connectivity index (χ2n) is 18.7. The van der Waals surface area contributed by atoms with E-state index in [9.17, 15) is 44.3 Å². The van der Waals surface area contributed by atoms with E-state index in [-0.39, 0.29) is 83.9 Å². The summed E-state index contributed by atoms with van der Waals surface area (Å²) in [5.74, 6) is 0.815. The number of carbonyl (C=O) groups excluding carboxylic acids is 1. The van der Waals surface area contributed by atoms with Gasteiger partial charge in [-0.05, 0) is 89.4 Å². The van der Waals surface area contributed by atoms with Crippen LogP contribution < -0.4 is 14.4 Å². The lowest BCUT2D eigenvalue weighted by molar-refractivity contribution is -0.463. The molecule has 374 valence electrons. The number of anilines is 1. The molecule has 4 aromatic rings. The third-order valence-corrected chi connectivity index (χ3v) is 13.2. The second kappa shape index (κ2) is 17.7. The number of carbonyl (C=O) groups is 1. The predicted octanol–water partition coefficient (Wildman–Crippen LogP) is 9.67. The molecule has 0 unspecified atom stereocenters. The van der Waals surface area contributed by atoms with Crippen LogP contribution >= 0.6 is 0 Å². The number of rotatable bonds is 10. The number of halogens is 11. The molecule has 4 aliphatic heterocycles. The molecule has 0 bridgehead atoms. The highest BCUT2D eigenvalue weighted by molar-refractivity contribution is 6.03. The summed E-state index contributed by atoms with van der Waals surface area (Å²) in [6, 6.07) is 4.08. The van der Waals surface area contributed by atoms with Gasteiger partial charge in [0.15, 0.2) is 12.6 Å². The van der Waals surface area contributed by atoms with Crippen molar-refractivity contribution in [2.24, 2.45) is 0 Å². The van der Waals surface area contributed by atoms with Crippen LogP contribution in [-0.2, 0) is 20.6 Å². The second-order valence-corrected chi connectivity index (χ2v) is 18.7. The average Bonchev–Trinajstić information content (AvgIpc) is 3.76. The van der Waals surface area contributed by atoms with Crippen molar-refractivity contribution in [2.45, 2.75) is 120 Å². The van der Waals surface area contributed by atoms with Crippen molar-refractivity contribution in [3.05, 3.63) is 47.2 Å². The first-order chi connectivity index (χ1) is 32.3. The summed E-state index contributed by atoms with van der Waals surface area (Å²) in [4.78, 5) is 32.6. The van der Waals surface area contributed by atoms with E-state index in [0.717, 1.165) is 6.07 Å². The van der Waals surface area contributed by atoms with Crippen LogP contribution in [0.25, 0.3) is 32.9 Å². The third kappa shape index (κ3) is 8.78. The number of terminal acetylenes is 1. The zero-order chi connectivity index (χ0) is 50.2. The minimum Gasteiger partial charge on any atom is -0.468 e. The number of ether oxygens (including phenoxy) is 5. The van der Waals surface area contributed by atoms with Gasteiger partial charge < -0.3 is 33.5 Å². The van der Waals surface area contributed by atoms with Gasteiger partial charge in [-0.3, -0.25) is 4.90 Å². The molecule has 23 heteroatoms. The number of piperazine rings is 1. The minimum absolute atomic E-state index is 0.0126. The lowest BCUT2D eigenvalue weighted by atomic mass is 9.93. The number of pyridine rings is 1. The summed E-state index contributed by atoms with van der Waals surface area (Å²) >= 11 is 0. The number of amides is 1. The topological polar surface area (TPSA) is 112 Å². The zero-order valence-corrected chi connectivity index (χ0v) is 37.9. The molecule has 8 rings (SSSR count). The molecule has 3 saturated heterocycles. The van der Waals surface area contributed by atoms with E-state index in [1.54, 1.807) is 31.7 Å². The Morgan fingerprint density at radius 2 is 1.64 bits per heavy atom. The average molecular weight is 989 g/mol. The van der Waals surface area contributed by atoms with Crippen molar-refractivity contribution in [1.29, 1.82) is 0 Å². The first-order valence-corrected chi connectivity index (χ1v) is 22.0. The summed E-state index contributed by atoms with van der Waals surface area (Å²) in [7, 11) is 1.38. The van der Waals surface area contributed by atoms with E-state index in [4.69, 9.17) is 35.3 Å². The normalized spacial score (nSPS) is 22.4. The van der Waals surface area contributed by atoms with Gasteiger partial charge >= 0.3 is 36.2 Å². The summed E-state index contributed by atoms with van der Waals surface area (Å²) in [6.45, 7) is 5.89. The van der Waals surface area contributed by atoms with E-state index < -0.39 is 96.8 Å². The molecule has 6 heterocycles.